The van der Waals surface area contributed by atoms with Gasteiger partial charge in [0.25, 0.3) is 0 Å². The van der Waals surface area contributed by atoms with Crippen LogP contribution < -0.4 is 0 Å². The number of aryl methyl sites for hydroxylation is 1. The predicted molar refractivity (Wildman–Crippen MR) is 102 cm³/mol. The molecule has 0 bridgehead atoms. The Morgan fingerprint density at radius 1 is 0.609 bits per heavy atom. The molecule has 0 aromatic heterocycles. The molecule has 4 rings (SSSR count). The maximum atomic E-state index is 2.27. The average molecular weight is 294 g/mol. The molecule has 0 aliphatic rings. The lowest BCUT2D eigenvalue weighted by Gasteiger charge is -2.08. The van der Waals surface area contributed by atoms with Gasteiger partial charge in [0, 0.05) is 0 Å². The highest BCUT2D eigenvalue weighted by Crippen LogP contribution is 2.29. The molecule has 0 N–H and O–H groups in total. The minimum atomic E-state index is 1.23. The van der Waals surface area contributed by atoms with Gasteiger partial charge >= 0.3 is 0 Å². The Labute approximate surface area is 136 Å². The number of rotatable bonds is 2. The second kappa shape index (κ2) is 5.73. The number of benzene rings is 4. The van der Waals surface area contributed by atoms with Crippen LogP contribution in [-0.2, 0) is 0 Å². The maximum absolute atomic E-state index is 2.27. The van der Waals surface area contributed by atoms with Crippen molar-refractivity contribution in [3.63, 3.8) is 0 Å². The second-order valence-corrected chi connectivity index (χ2v) is 5.98. The first-order valence-electron chi connectivity index (χ1n) is 7.96. The van der Waals surface area contributed by atoms with E-state index in [1.807, 2.05) is 0 Å². The van der Waals surface area contributed by atoms with Crippen molar-refractivity contribution in [3.8, 4) is 0 Å². The van der Waals surface area contributed by atoms with Gasteiger partial charge in [-0.05, 0) is 45.7 Å². The van der Waals surface area contributed by atoms with Gasteiger partial charge in [-0.25, -0.2) is 0 Å². The van der Waals surface area contributed by atoms with Crippen LogP contribution in [-0.4, -0.2) is 0 Å². The maximum Gasteiger partial charge on any atom is -0.00992 e. The van der Waals surface area contributed by atoms with Crippen molar-refractivity contribution >= 4 is 33.7 Å². The minimum Gasteiger partial charge on any atom is -0.0616 e. The topological polar surface area (TPSA) is 0 Å². The van der Waals surface area contributed by atoms with Crippen LogP contribution >= 0.6 is 0 Å². The van der Waals surface area contributed by atoms with Gasteiger partial charge in [-0.3, -0.25) is 0 Å². The Kier molecular flexibility index (Phi) is 3.44. The highest BCUT2D eigenvalue weighted by molar-refractivity contribution is 6.07. The van der Waals surface area contributed by atoms with Crippen LogP contribution in [0.1, 0.15) is 16.7 Å². The van der Waals surface area contributed by atoms with Gasteiger partial charge in [-0.15, -0.1) is 0 Å². The minimum absolute atomic E-state index is 1.23. The fourth-order valence-electron chi connectivity index (χ4n) is 3.09. The molecular weight excluding hydrogens is 276 g/mol. The molecule has 0 amide bonds. The van der Waals surface area contributed by atoms with Crippen LogP contribution in [0.4, 0.5) is 0 Å². The molecule has 0 nitrogen and oxygen atoms in total. The Balaban J connectivity index is 1.93. The Morgan fingerprint density at radius 2 is 1.17 bits per heavy atom. The van der Waals surface area contributed by atoms with Crippen LogP contribution in [0.25, 0.3) is 33.7 Å². The molecule has 0 unspecified atom stereocenters. The van der Waals surface area contributed by atoms with Crippen molar-refractivity contribution in [2.45, 2.75) is 6.92 Å². The molecule has 0 heteroatoms. The van der Waals surface area contributed by atoms with Gasteiger partial charge in [0.15, 0.2) is 0 Å². The zero-order valence-electron chi connectivity index (χ0n) is 13.2. The summed E-state index contributed by atoms with van der Waals surface area (Å²) in [5, 5.41) is 5.17. The summed E-state index contributed by atoms with van der Waals surface area (Å²) in [4.78, 5) is 0. The summed E-state index contributed by atoms with van der Waals surface area (Å²) in [5.41, 5.74) is 3.81. The highest BCUT2D eigenvalue weighted by Gasteiger charge is 2.04. The summed E-state index contributed by atoms with van der Waals surface area (Å²) >= 11 is 0. The lowest BCUT2D eigenvalue weighted by Crippen LogP contribution is -1.83. The van der Waals surface area contributed by atoms with E-state index in [1.165, 1.54) is 38.2 Å². The molecular formula is C23H18. The van der Waals surface area contributed by atoms with Gasteiger partial charge in [0.2, 0.25) is 0 Å². The first kappa shape index (κ1) is 13.8. The van der Waals surface area contributed by atoms with E-state index in [4.69, 9.17) is 0 Å². The highest BCUT2D eigenvalue weighted by atomic mass is 14.1. The Bertz CT molecular complexity index is 951. The van der Waals surface area contributed by atoms with E-state index >= 15 is 0 Å². The number of hydrogen-bond donors (Lipinski definition) is 0. The fraction of sp³-hybridized carbons (Fsp3) is 0.0435. The summed E-state index contributed by atoms with van der Waals surface area (Å²) in [7, 11) is 0. The van der Waals surface area contributed by atoms with Crippen molar-refractivity contribution in [3.05, 3.63) is 95.6 Å². The standard InChI is InChI=1S/C23H18/c1-17-10-12-18(13-11-17)14-15-23-21-8-4-2-6-19(21)16-20-7-3-5-9-22(20)23/h2-16H,1H3/b15-14+. The van der Waals surface area contributed by atoms with Crippen molar-refractivity contribution in [1.82, 2.24) is 0 Å². The predicted octanol–water partition coefficient (Wildman–Crippen LogP) is 6.47. The lowest BCUT2D eigenvalue weighted by molar-refractivity contribution is 1.46. The van der Waals surface area contributed by atoms with E-state index in [9.17, 15) is 0 Å². The SMILES string of the molecule is Cc1ccc(/C=C/c2c3ccccc3cc3ccccc23)cc1. The Morgan fingerprint density at radius 3 is 1.78 bits per heavy atom. The second-order valence-electron chi connectivity index (χ2n) is 5.98. The smallest absolute Gasteiger partial charge is 0.00992 e. The van der Waals surface area contributed by atoms with Gasteiger partial charge in [0.05, 0.1) is 0 Å². The van der Waals surface area contributed by atoms with Crippen LogP contribution in [0, 0.1) is 6.92 Å². The number of hydrogen-bond acceptors (Lipinski definition) is 0. The van der Waals surface area contributed by atoms with Crippen molar-refractivity contribution in [1.29, 1.82) is 0 Å². The molecule has 23 heavy (non-hydrogen) atoms. The molecule has 0 radical (unpaired) electrons. The van der Waals surface area contributed by atoms with Gasteiger partial charge in [0.1, 0.15) is 0 Å². The molecule has 4 aromatic carbocycles. The molecule has 0 heterocycles. The van der Waals surface area contributed by atoms with Crippen LogP contribution in [0.2, 0.25) is 0 Å². The van der Waals surface area contributed by atoms with Crippen molar-refractivity contribution < 1.29 is 0 Å². The molecule has 110 valence electrons. The van der Waals surface area contributed by atoms with Crippen LogP contribution in [0.3, 0.4) is 0 Å². The summed E-state index contributed by atoms with van der Waals surface area (Å²) < 4.78 is 0. The van der Waals surface area contributed by atoms with E-state index in [-0.39, 0.29) is 0 Å². The third-order valence-electron chi connectivity index (χ3n) is 4.33. The molecule has 0 spiro atoms. The van der Waals surface area contributed by atoms with Crippen molar-refractivity contribution in [2.75, 3.05) is 0 Å². The summed E-state index contributed by atoms with van der Waals surface area (Å²) in [6.07, 6.45) is 4.45. The van der Waals surface area contributed by atoms with Crippen molar-refractivity contribution in [2.24, 2.45) is 0 Å². The van der Waals surface area contributed by atoms with E-state index < -0.39 is 0 Å². The third-order valence-corrected chi connectivity index (χ3v) is 4.33. The lowest BCUT2D eigenvalue weighted by atomic mass is 9.96. The fourth-order valence-corrected chi connectivity index (χ4v) is 3.09. The van der Waals surface area contributed by atoms with E-state index in [1.54, 1.807) is 0 Å². The van der Waals surface area contributed by atoms with E-state index in [0.717, 1.165) is 0 Å². The molecule has 4 aromatic rings. The van der Waals surface area contributed by atoms with E-state index in [2.05, 4.69) is 97.9 Å². The largest absolute Gasteiger partial charge is 0.0616 e. The molecule has 0 aliphatic carbocycles. The monoisotopic (exact) mass is 294 g/mol. The van der Waals surface area contributed by atoms with Gasteiger partial charge in [-0.2, -0.15) is 0 Å². The quantitative estimate of drug-likeness (QED) is 0.293. The van der Waals surface area contributed by atoms with E-state index in [0.29, 0.717) is 0 Å². The van der Waals surface area contributed by atoms with Gasteiger partial charge in [-0.1, -0.05) is 90.5 Å². The first-order chi connectivity index (χ1) is 11.3. The first-order valence-corrected chi connectivity index (χ1v) is 7.96. The molecule has 0 fully saturated rings. The van der Waals surface area contributed by atoms with Crippen LogP contribution in [0.5, 0.6) is 0 Å². The summed E-state index contributed by atoms with van der Waals surface area (Å²) in [6.45, 7) is 2.12. The summed E-state index contributed by atoms with van der Waals surface area (Å²) in [5.74, 6) is 0. The molecule has 0 saturated heterocycles. The summed E-state index contributed by atoms with van der Waals surface area (Å²) in [6, 6.07) is 28.1. The third kappa shape index (κ3) is 2.64. The van der Waals surface area contributed by atoms with Gasteiger partial charge < -0.3 is 0 Å². The molecule has 0 saturated carbocycles. The Hall–Kier alpha value is -2.86. The molecule has 0 aliphatic heterocycles. The number of fused-ring (bicyclic) bond motifs is 2. The normalized spacial score (nSPS) is 11.5. The zero-order chi connectivity index (χ0) is 15.6. The zero-order valence-corrected chi connectivity index (χ0v) is 13.2. The van der Waals surface area contributed by atoms with Crippen LogP contribution in [0.15, 0.2) is 78.9 Å². The molecule has 0 atom stereocenters. The average Bonchev–Trinajstić information content (AvgIpc) is 2.60.